The third-order valence-corrected chi connectivity index (χ3v) is 4.07. The summed E-state index contributed by atoms with van der Waals surface area (Å²) in [4.78, 5) is 17.0. The molecule has 0 saturated heterocycles. The Morgan fingerprint density at radius 2 is 2.19 bits per heavy atom. The van der Waals surface area contributed by atoms with E-state index in [-0.39, 0.29) is 11.9 Å². The van der Waals surface area contributed by atoms with Gasteiger partial charge in [0.25, 0.3) is 0 Å². The van der Waals surface area contributed by atoms with Crippen LogP contribution in [-0.2, 0) is 17.8 Å². The molecule has 0 aromatic carbocycles. The molecule has 0 aliphatic carbocycles. The smallest absolute Gasteiger partial charge is 0.248 e. The second-order valence-electron chi connectivity index (χ2n) is 5.59. The van der Waals surface area contributed by atoms with E-state index < -0.39 is 0 Å². The van der Waals surface area contributed by atoms with Crippen molar-refractivity contribution in [3.63, 3.8) is 0 Å². The van der Waals surface area contributed by atoms with Crippen LogP contribution in [0.3, 0.4) is 0 Å². The summed E-state index contributed by atoms with van der Waals surface area (Å²) in [5, 5.41) is 3.06. The molecule has 2 aromatic rings. The van der Waals surface area contributed by atoms with Crippen LogP contribution < -0.4 is 5.32 Å². The van der Waals surface area contributed by atoms with Crippen LogP contribution in [0.5, 0.6) is 0 Å². The maximum Gasteiger partial charge on any atom is 0.248 e. The molecule has 3 heterocycles. The number of fused-ring (bicyclic) bond motifs is 1. The van der Waals surface area contributed by atoms with Gasteiger partial charge in [0.2, 0.25) is 5.91 Å². The van der Waals surface area contributed by atoms with E-state index in [1.807, 2.05) is 29.1 Å². The fourth-order valence-corrected chi connectivity index (χ4v) is 2.97. The maximum absolute atomic E-state index is 12.6. The topological polar surface area (TPSA) is 51.9 Å². The molecule has 3 rings (SSSR count). The normalized spacial score (nSPS) is 15.5. The molecule has 0 unspecified atom stereocenters. The van der Waals surface area contributed by atoms with Crippen LogP contribution >= 0.6 is 0 Å². The largest absolute Gasteiger partial charge is 0.342 e. The van der Waals surface area contributed by atoms with Gasteiger partial charge in [0.1, 0.15) is 17.7 Å². The van der Waals surface area contributed by atoms with E-state index in [0.717, 1.165) is 43.9 Å². The number of amides is 1. The Kier molecular flexibility index (Phi) is 4.08. The molecular weight excluding hydrogens is 264 g/mol. The third-order valence-electron chi connectivity index (χ3n) is 4.07. The van der Waals surface area contributed by atoms with Crippen molar-refractivity contribution in [2.45, 2.75) is 51.6 Å². The van der Waals surface area contributed by atoms with Gasteiger partial charge in [0.15, 0.2) is 0 Å². The number of aromatic nitrogens is 3. The molecule has 5 heteroatoms. The summed E-state index contributed by atoms with van der Waals surface area (Å²) in [6, 6.07) is 3.76. The molecule has 1 amide bonds. The van der Waals surface area contributed by atoms with Crippen molar-refractivity contribution in [3.8, 4) is 0 Å². The molecule has 0 spiro atoms. The molecule has 21 heavy (non-hydrogen) atoms. The first-order valence-corrected chi connectivity index (χ1v) is 7.77. The Hall–Kier alpha value is -2.04. The summed E-state index contributed by atoms with van der Waals surface area (Å²) in [6.45, 7) is 3.05. The fourth-order valence-electron chi connectivity index (χ4n) is 2.97. The zero-order valence-corrected chi connectivity index (χ0v) is 12.5. The SMILES string of the molecule is CCC[C@H](C(=O)Nc1cnc2n1CCCC2)n1cccc1. The summed E-state index contributed by atoms with van der Waals surface area (Å²) < 4.78 is 4.12. The Morgan fingerprint density at radius 1 is 1.38 bits per heavy atom. The maximum atomic E-state index is 12.6. The number of nitrogens with zero attached hydrogens (tertiary/aromatic N) is 3. The summed E-state index contributed by atoms with van der Waals surface area (Å²) >= 11 is 0. The number of nitrogens with one attached hydrogen (secondary N) is 1. The second kappa shape index (κ2) is 6.16. The molecule has 1 aliphatic rings. The predicted molar refractivity (Wildman–Crippen MR) is 82.2 cm³/mol. The molecule has 0 radical (unpaired) electrons. The van der Waals surface area contributed by atoms with Crippen molar-refractivity contribution in [1.29, 1.82) is 0 Å². The van der Waals surface area contributed by atoms with Gasteiger partial charge in [-0.05, 0) is 31.4 Å². The van der Waals surface area contributed by atoms with Gasteiger partial charge in [-0.25, -0.2) is 4.98 Å². The van der Waals surface area contributed by atoms with Crippen molar-refractivity contribution < 1.29 is 4.79 Å². The van der Waals surface area contributed by atoms with Gasteiger partial charge in [-0.1, -0.05) is 13.3 Å². The first-order valence-electron chi connectivity index (χ1n) is 7.77. The van der Waals surface area contributed by atoms with E-state index in [2.05, 4.69) is 21.8 Å². The van der Waals surface area contributed by atoms with Gasteiger partial charge in [-0.2, -0.15) is 0 Å². The highest BCUT2D eigenvalue weighted by Crippen LogP contribution is 2.22. The van der Waals surface area contributed by atoms with Crippen LogP contribution in [0.4, 0.5) is 5.82 Å². The number of anilines is 1. The van der Waals surface area contributed by atoms with Gasteiger partial charge in [-0.15, -0.1) is 0 Å². The van der Waals surface area contributed by atoms with Crippen molar-refractivity contribution in [3.05, 3.63) is 36.5 Å². The molecular formula is C16H22N4O. The van der Waals surface area contributed by atoms with Crippen molar-refractivity contribution in [2.75, 3.05) is 5.32 Å². The van der Waals surface area contributed by atoms with E-state index in [9.17, 15) is 4.79 Å². The average Bonchev–Trinajstić information content (AvgIpc) is 3.15. The van der Waals surface area contributed by atoms with E-state index in [1.54, 1.807) is 6.20 Å². The lowest BCUT2D eigenvalue weighted by molar-refractivity contribution is -0.119. The first kappa shape index (κ1) is 13.9. The molecule has 1 N–H and O–H groups in total. The Morgan fingerprint density at radius 3 is 2.95 bits per heavy atom. The highest BCUT2D eigenvalue weighted by Gasteiger charge is 2.21. The quantitative estimate of drug-likeness (QED) is 0.918. The minimum Gasteiger partial charge on any atom is -0.342 e. The standard InChI is InChI=1S/C16H22N4O/c1-2-7-13(19-9-5-6-10-19)16(21)18-15-12-17-14-8-3-4-11-20(14)15/h5-6,9-10,12-13H,2-4,7-8,11H2,1H3,(H,18,21)/t13-/m1/s1. The summed E-state index contributed by atoms with van der Waals surface area (Å²) in [6.07, 6.45) is 10.8. The van der Waals surface area contributed by atoms with Gasteiger partial charge in [0.05, 0.1) is 6.20 Å². The average molecular weight is 286 g/mol. The minimum atomic E-state index is -0.153. The van der Waals surface area contributed by atoms with E-state index >= 15 is 0 Å². The fraction of sp³-hybridized carbons (Fsp3) is 0.500. The summed E-state index contributed by atoms with van der Waals surface area (Å²) in [5.41, 5.74) is 0. The number of aryl methyl sites for hydroxylation is 1. The lowest BCUT2D eigenvalue weighted by Gasteiger charge is -2.20. The van der Waals surface area contributed by atoms with Gasteiger partial charge in [-0.3, -0.25) is 4.79 Å². The molecule has 0 saturated carbocycles. The lowest BCUT2D eigenvalue weighted by Crippen LogP contribution is -2.27. The van der Waals surface area contributed by atoms with E-state index in [4.69, 9.17) is 0 Å². The number of hydrogen-bond acceptors (Lipinski definition) is 2. The molecule has 1 atom stereocenters. The van der Waals surface area contributed by atoms with Gasteiger partial charge >= 0.3 is 0 Å². The van der Waals surface area contributed by atoms with Crippen LogP contribution in [-0.4, -0.2) is 20.0 Å². The highest BCUT2D eigenvalue weighted by molar-refractivity contribution is 5.93. The lowest BCUT2D eigenvalue weighted by atomic mass is 10.1. The van der Waals surface area contributed by atoms with Gasteiger partial charge < -0.3 is 14.5 Å². The summed E-state index contributed by atoms with van der Waals surface area (Å²) in [5.74, 6) is 1.97. The van der Waals surface area contributed by atoms with E-state index in [0.29, 0.717) is 0 Å². The molecule has 5 nitrogen and oxygen atoms in total. The number of carbonyl (C=O) groups is 1. The zero-order valence-electron chi connectivity index (χ0n) is 12.5. The molecule has 112 valence electrons. The van der Waals surface area contributed by atoms with Crippen LogP contribution in [0.25, 0.3) is 0 Å². The predicted octanol–water partition coefficient (Wildman–Crippen LogP) is 3.00. The highest BCUT2D eigenvalue weighted by atomic mass is 16.2. The van der Waals surface area contributed by atoms with Crippen molar-refractivity contribution in [2.24, 2.45) is 0 Å². The van der Waals surface area contributed by atoms with Crippen LogP contribution in [0.2, 0.25) is 0 Å². The third kappa shape index (κ3) is 2.86. The Balaban J connectivity index is 1.77. The number of carbonyl (C=O) groups excluding carboxylic acids is 1. The van der Waals surface area contributed by atoms with Crippen molar-refractivity contribution in [1.82, 2.24) is 14.1 Å². The number of imidazole rings is 1. The van der Waals surface area contributed by atoms with Crippen LogP contribution in [0, 0.1) is 0 Å². The Labute approximate surface area is 125 Å². The molecule has 0 fully saturated rings. The minimum absolute atomic E-state index is 0.0429. The van der Waals surface area contributed by atoms with Gasteiger partial charge in [0, 0.05) is 25.4 Å². The van der Waals surface area contributed by atoms with Crippen molar-refractivity contribution >= 4 is 11.7 Å². The molecule has 2 aromatic heterocycles. The number of rotatable bonds is 5. The summed E-state index contributed by atoms with van der Waals surface area (Å²) in [7, 11) is 0. The zero-order chi connectivity index (χ0) is 14.7. The monoisotopic (exact) mass is 286 g/mol. The first-order chi connectivity index (χ1) is 10.3. The number of hydrogen-bond donors (Lipinski definition) is 1. The van der Waals surface area contributed by atoms with Crippen LogP contribution in [0.15, 0.2) is 30.7 Å². The van der Waals surface area contributed by atoms with E-state index in [1.165, 1.54) is 6.42 Å². The molecule has 1 aliphatic heterocycles. The Bertz CT molecular complexity index is 600. The second-order valence-corrected chi connectivity index (χ2v) is 5.59. The van der Waals surface area contributed by atoms with Crippen LogP contribution in [0.1, 0.15) is 44.5 Å². The molecule has 0 bridgehead atoms.